The molecule has 82 valence electrons. The van der Waals surface area contributed by atoms with Gasteiger partial charge in [-0.1, -0.05) is 12.2 Å². The van der Waals surface area contributed by atoms with Gasteiger partial charge in [-0.25, -0.2) is 4.98 Å². The number of aromatic nitrogens is 1. The minimum absolute atomic E-state index is 0.0506. The van der Waals surface area contributed by atoms with Gasteiger partial charge in [0.15, 0.2) is 0 Å². The molecule has 0 aromatic carbocycles. The predicted octanol–water partition coefficient (Wildman–Crippen LogP) is 1.20. The molecule has 0 aliphatic rings. The molecule has 1 aromatic rings. The Balaban J connectivity index is 2.82. The second-order valence-electron chi connectivity index (χ2n) is 3.05. The fraction of sp³-hybridized carbons (Fsp3) is 0.444. The molecule has 0 saturated carbocycles. The molecule has 0 bridgehead atoms. The minimum atomic E-state index is -0.0506. The molecule has 4 nitrogen and oxygen atoms in total. The van der Waals surface area contributed by atoms with Gasteiger partial charge >= 0.3 is 0 Å². The Hall–Kier alpha value is -1.01. The molecule has 1 heterocycles. The molecule has 6 heteroatoms. The van der Waals surface area contributed by atoms with Crippen molar-refractivity contribution in [2.24, 2.45) is 5.73 Å². The first kappa shape index (κ1) is 12.1. The Morgan fingerprint density at radius 2 is 2.40 bits per heavy atom. The van der Waals surface area contributed by atoms with Gasteiger partial charge in [0.25, 0.3) is 5.91 Å². The molecular weight excluding hydrogens is 230 g/mol. The van der Waals surface area contributed by atoms with Gasteiger partial charge in [-0.2, -0.15) is 0 Å². The van der Waals surface area contributed by atoms with Crippen LogP contribution in [0.25, 0.3) is 0 Å². The van der Waals surface area contributed by atoms with Crippen LogP contribution in [-0.4, -0.2) is 33.9 Å². The Morgan fingerprint density at radius 1 is 1.73 bits per heavy atom. The zero-order chi connectivity index (χ0) is 11.4. The summed E-state index contributed by atoms with van der Waals surface area (Å²) in [6, 6.07) is 0. The van der Waals surface area contributed by atoms with E-state index >= 15 is 0 Å². The summed E-state index contributed by atoms with van der Waals surface area (Å²) in [5.41, 5.74) is 7.84. The number of nitrogens with two attached hydrogens (primary N) is 1. The van der Waals surface area contributed by atoms with Crippen LogP contribution in [-0.2, 0) is 0 Å². The molecule has 0 aliphatic heterocycles. The number of rotatable bonds is 4. The topological polar surface area (TPSA) is 59.2 Å². The maximum absolute atomic E-state index is 12.0. The van der Waals surface area contributed by atoms with E-state index in [9.17, 15) is 4.79 Å². The minimum Gasteiger partial charge on any atom is -0.392 e. The number of aryl methyl sites for hydroxylation is 1. The van der Waals surface area contributed by atoms with Crippen LogP contribution in [0.4, 0.5) is 0 Å². The van der Waals surface area contributed by atoms with E-state index in [1.807, 2.05) is 13.8 Å². The van der Waals surface area contributed by atoms with Gasteiger partial charge in [0.1, 0.15) is 4.88 Å². The SMILES string of the molecule is CCN(CC(N)=S)C(=O)c1scnc1C. The highest BCUT2D eigenvalue weighted by Crippen LogP contribution is 2.14. The fourth-order valence-corrected chi connectivity index (χ4v) is 2.09. The van der Waals surface area contributed by atoms with Crippen LogP contribution < -0.4 is 5.73 Å². The smallest absolute Gasteiger partial charge is 0.266 e. The molecule has 1 amide bonds. The van der Waals surface area contributed by atoms with Crippen molar-refractivity contribution in [3.8, 4) is 0 Å². The van der Waals surface area contributed by atoms with Gasteiger partial charge in [-0.3, -0.25) is 4.79 Å². The van der Waals surface area contributed by atoms with Crippen LogP contribution in [0.5, 0.6) is 0 Å². The molecule has 1 aromatic heterocycles. The van der Waals surface area contributed by atoms with Crippen LogP contribution in [0.2, 0.25) is 0 Å². The van der Waals surface area contributed by atoms with E-state index in [1.54, 1.807) is 10.4 Å². The molecule has 0 fully saturated rings. The summed E-state index contributed by atoms with van der Waals surface area (Å²) in [5.74, 6) is -0.0506. The summed E-state index contributed by atoms with van der Waals surface area (Å²) < 4.78 is 0. The van der Waals surface area contributed by atoms with Crippen LogP contribution in [0.1, 0.15) is 22.3 Å². The maximum atomic E-state index is 12.0. The lowest BCUT2D eigenvalue weighted by Crippen LogP contribution is -2.37. The highest BCUT2D eigenvalue weighted by Gasteiger charge is 2.18. The number of thiazole rings is 1. The van der Waals surface area contributed by atoms with Gasteiger partial charge in [-0.05, 0) is 13.8 Å². The zero-order valence-corrected chi connectivity index (χ0v) is 10.3. The molecule has 0 aliphatic carbocycles. The number of carbonyl (C=O) groups excluding carboxylic acids is 1. The van der Waals surface area contributed by atoms with Crippen molar-refractivity contribution in [2.75, 3.05) is 13.1 Å². The Kier molecular flexibility index (Phi) is 4.16. The van der Waals surface area contributed by atoms with Crippen LogP contribution in [0.15, 0.2) is 5.51 Å². The van der Waals surface area contributed by atoms with Gasteiger partial charge in [0, 0.05) is 6.54 Å². The quantitative estimate of drug-likeness (QED) is 0.807. The second-order valence-corrected chi connectivity index (χ2v) is 4.43. The van der Waals surface area contributed by atoms with Gasteiger partial charge in [0.2, 0.25) is 0 Å². The van der Waals surface area contributed by atoms with E-state index in [0.717, 1.165) is 5.69 Å². The van der Waals surface area contributed by atoms with E-state index in [2.05, 4.69) is 4.98 Å². The lowest BCUT2D eigenvalue weighted by atomic mass is 10.3. The molecule has 2 N–H and O–H groups in total. The molecule has 0 unspecified atom stereocenters. The van der Waals surface area contributed by atoms with E-state index in [1.165, 1.54) is 11.3 Å². The molecule has 15 heavy (non-hydrogen) atoms. The molecule has 0 atom stereocenters. The first-order valence-electron chi connectivity index (χ1n) is 4.54. The van der Waals surface area contributed by atoms with Crippen molar-refractivity contribution in [3.05, 3.63) is 16.1 Å². The van der Waals surface area contributed by atoms with Gasteiger partial charge in [-0.15, -0.1) is 11.3 Å². The van der Waals surface area contributed by atoms with Crippen molar-refractivity contribution in [1.82, 2.24) is 9.88 Å². The summed E-state index contributed by atoms with van der Waals surface area (Å²) in [5, 5.41) is 0. The number of amides is 1. The van der Waals surface area contributed by atoms with Gasteiger partial charge < -0.3 is 10.6 Å². The van der Waals surface area contributed by atoms with Crippen molar-refractivity contribution in [3.63, 3.8) is 0 Å². The average molecular weight is 243 g/mol. The zero-order valence-electron chi connectivity index (χ0n) is 8.69. The highest BCUT2D eigenvalue weighted by molar-refractivity contribution is 7.80. The lowest BCUT2D eigenvalue weighted by molar-refractivity contribution is 0.0791. The van der Waals surface area contributed by atoms with Crippen molar-refractivity contribution >= 4 is 34.5 Å². The number of thiocarbonyl (C=S) groups is 1. The first-order chi connectivity index (χ1) is 7.06. The number of hydrogen-bond donors (Lipinski definition) is 1. The van der Waals surface area contributed by atoms with Crippen molar-refractivity contribution in [2.45, 2.75) is 13.8 Å². The number of hydrogen-bond acceptors (Lipinski definition) is 4. The van der Waals surface area contributed by atoms with Crippen molar-refractivity contribution < 1.29 is 4.79 Å². The number of nitrogens with zero attached hydrogens (tertiary/aromatic N) is 2. The second kappa shape index (κ2) is 5.18. The van der Waals surface area contributed by atoms with Crippen LogP contribution >= 0.6 is 23.6 Å². The third-order valence-electron chi connectivity index (χ3n) is 1.96. The summed E-state index contributed by atoms with van der Waals surface area (Å²) in [4.78, 5) is 18.6. The summed E-state index contributed by atoms with van der Waals surface area (Å²) >= 11 is 6.13. The third kappa shape index (κ3) is 2.97. The van der Waals surface area contributed by atoms with Crippen LogP contribution in [0.3, 0.4) is 0 Å². The lowest BCUT2D eigenvalue weighted by Gasteiger charge is -2.19. The summed E-state index contributed by atoms with van der Waals surface area (Å²) in [6.07, 6.45) is 0. The number of likely N-dealkylation sites (N-methyl/N-ethyl adjacent to an activating group) is 1. The summed E-state index contributed by atoms with van der Waals surface area (Å²) in [6.45, 7) is 4.63. The van der Waals surface area contributed by atoms with E-state index < -0.39 is 0 Å². The fourth-order valence-electron chi connectivity index (χ4n) is 1.17. The average Bonchev–Trinajstić information content (AvgIpc) is 2.59. The maximum Gasteiger partial charge on any atom is 0.266 e. The standard InChI is InChI=1S/C9H13N3OS2/c1-3-12(4-7(10)14)9(13)8-6(2)11-5-15-8/h5H,3-4H2,1-2H3,(H2,10,14). The first-order valence-corrected chi connectivity index (χ1v) is 5.82. The molecule has 0 spiro atoms. The van der Waals surface area contributed by atoms with E-state index in [0.29, 0.717) is 23.0 Å². The molecule has 0 radical (unpaired) electrons. The molecular formula is C9H13N3OS2. The van der Waals surface area contributed by atoms with E-state index in [-0.39, 0.29) is 5.91 Å². The molecule has 0 saturated heterocycles. The Morgan fingerprint density at radius 3 is 2.80 bits per heavy atom. The summed E-state index contributed by atoms with van der Waals surface area (Å²) in [7, 11) is 0. The van der Waals surface area contributed by atoms with Crippen molar-refractivity contribution in [1.29, 1.82) is 0 Å². The predicted molar refractivity (Wildman–Crippen MR) is 65.2 cm³/mol. The Labute approximate surface area is 98.1 Å². The molecule has 1 rings (SSSR count). The van der Waals surface area contributed by atoms with Crippen LogP contribution in [0, 0.1) is 6.92 Å². The van der Waals surface area contributed by atoms with E-state index in [4.69, 9.17) is 18.0 Å². The number of carbonyl (C=O) groups is 1. The highest BCUT2D eigenvalue weighted by atomic mass is 32.1. The Bertz CT molecular complexity index is 375. The monoisotopic (exact) mass is 243 g/mol. The largest absolute Gasteiger partial charge is 0.392 e. The third-order valence-corrected chi connectivity index (χ3v) is 3.00. The normalized spacial score (nSPS) is 10.0. The van der Waals surface area contributed by atoms with Gasteiger partial charge in [0.05, 0.1) is 22.7 Å².